The molecule has 27 heavy (non-hydrogen) atoms. The van der Waals surface area contributed by atoms with Crippen molar-refractivity contribution in [2.45, 2.75) is 49.1 Å². The van der Waals surface area contributed by atoms with Crippen molar-refractivity contribution in [3.8, 4) is 11.1 Å². The third kappa shape index (κ3) is 4.51. The summed E-state index contributed by atoms with van der Waals surface area (Å²) >= 11 is 0. The van der Waals surface area contributed by atoms with E-state index in [9.17, 15) is 26.7 Å². The van der Waals surface area contributed by atoms with Gasteiger partial charge in [-0.1, -0.05) is 12.1 Å². The van der Waals surface area contributed by atoms with Gasteiger partial charge in [-0.15, -0.1) is 0 Å². The molecule has 0 amide bonds. The van der Waals surface area contributed by atoms with Crippen LogP contribution in [0.5, 0.6) is 0 Å². The summed E-state index contributed by atoms with van der Waals surface area (Å²) in [6.45, 7) is 1.73. The second-order valence-corrected chi connectivity index (χ2v) is 8.88. The van der Waals surface area contributed by atoms with Crippen LogP contribution < -0.4 is 4.72 Å². The zero-order valence-electron chi connectivity index (χ0n) is 14.7. The molecule has 0 aliphatic heterocycles. The number of nitrogens with one attached hydrogen (secondary N) is 1. The summed E-state index contributed by atoms with van der Waals surface area (Å²) in [7, 11) is -3.80. The monoisotopic (exact) mass is 399 g/mol. The van der Waals surface area contributed by atoms with Crippen LogP contribution >= 0.6 is 0 Å². The van der Waals surface area contributed by atoms with Crippen LogP contribution in [0.2, 0.25) is 0 Å². The molecule has 2 N–H and O–H groups in total. The summed E-state index contributed by atoms with van der Waals surface area (Å²) in [5, 5.41) is 9.95. The molecule has 0 aromatic heterocycles. The number of hydrogen-bond donors (Lipinski definition) is 2. The highest BCUT2D eigenvalue weighted by molar-refractivity contribution is 7.89. The third-order valence-corrected chi connectivity index (χ3v) is 6.38. The Morgan fingerprint density at radius 3 is 2.07 bits per heavy atom. The number of hydrogen-bond acceptors (Lipinski definition) is 3. The highest BCUT2D eigenvalue weighted by Crippen LogP contribution is 2.30. The molecule has 146 valence electrons. The predicted octanol–water partition coefficient (Wildman–Crippen LogP) is 3.74. The number of benzene rings is 2. The Morgan fingerprint density at radius 2 is 1.56 bits per heavy atom. The molecule has 0 bridgehead atoms. The highest BCUT2D eigenvalue weighted by atomic mass is 32.2. The van der Waals surface area contributed by atoms with Gasteiger partial charge in [-0.25, -0.2) is 26.3 Å². The van der Waals surface area contributed by atoms with Crippen LogP contribution in [0.4, 0.5) is 13.2 Å². The van der Waals surface area contributed by atoms with E-state index in [1.165, 1.54) is 24.3 Å². The van der Waals surface area contributed by atoms with Crippen molar-refractivity contribution < 1.29 is 26.7 Å². The Hall–Kier alpha value is -1.90. The number of halogens is 3. The minimum Gasteiger partial charge on any atom is -0.390 e. The van der Waals surface area contributed by atoms with E-state index in [4.69, 9.17) is 0 Å². The standard InChI is InChI=1S/C19H20F3NO3S/c1-19(24)8-6-14(7-9-19)23-27(25,26)15-4-2-12(3-5-15)18-16(21)10-13(20)11-17(18)22/h2-5,10-11,14,23-24H,6-9H2,1H3/t14-,19-. The van der Waals surface area contributed by atoms with Crippen molar-refractivity contribution in [2.75, 3.05) is 0 Å². The van der Waals surface area contributed by atoms with Crippen molar-refractivity contribution in [1.29, 1.82) is 0 Å². The molecule has 0 spiro atoms. The van der Waals surface area contributed by atoms with Crippen LogP contribution in [0.25, 0.3) is 11.1 Å². The molecule has 8 heteroatoms. The molecule has 0 atom stereocenters. The fourth-order valence-corrected chi connectivity index (χ4v) is 4.57. The lowest BCUT2D eigenvalue weighted by molar-refractivity contribution is 0.0163. The lowest BCUT2D eigenvalue weighted by Crippen LogP contribution is -2.42. The van der Waals surface area contributed by atoms with Gasteiger partial charge in [-0.2, -0.15) is 0 Å². The van der Waals surface area contributed by atoms with E-state index < -0.39 is 38.6 Å². The molecule has 1 aliphatic carbocycles. The Morgan fingerprint density at radius 1 is 1.04 bits per heavy atom. The van der Waals surface area contributed by atoms with Gasteiger partial charge >= 0.3 is 0 Å². The summed E-state index contributed by atoms with van der Waals surface area (Å²) in [5.74, 6) is -3.14. The molecule has 4 nitrogen and oxygen atoms in total. The average molecular weight is 399 g/mol. The Kier molecular flexibility index (Phi) is 5.33. The summed E-state index contributed by atoms with van der Waals surface area (Å²) in [4.78, 5) is -0.0356. The van der Waals surface area contributed by atoms with Crippen LogP contribution in [-0.2, 0) is 10.0 Å². The van der Waals surface area contributed by atoms with Gasteiger partial charge in [0.15, 0.2) is 0 Å². The number of rotatable bonds is 4. The molecule has 2 aromatic rings. The first kappa shape index (κ1) is 19.9. The van der Waals surface area contributed by atoms with Crippen molar-refractivity contribution in [1.82, 2.24) is 4.72 Å². The molecule has 3 rings (SSSR count). The molecule has 0 saturated heterocycles. The van der Waals surface area contributed by atoms with E-state index in [2.05, 4.69) is 4.72 Å². The van der Waals surface area contributed by atoms with Gasteiger partial charge < -0.3 is 5.11 Å². The molecule has 1 fully saturated rings. The van der Waals surface area contributed by atoms with E-state index in [0.717, 1.165) is 0 Å². The first-order valence-corrected chi connectivity index (χ1v) is 10.1. The van der Waals surface area contributed by atoms with E-state index >= 15 is 0 Å². The van der Waals surface area contributed by atoms with E-state index in [-0.39, 0.29) is 16.5 Å². The van der Waals surface area contributed by atoms with Gasteiger partial charge in [-0.3, -0.25) is 0 Å². The smallest absolute Gasteiger partial charge is 0.240 e. The first-order valence-electron chi connectivity index (χ1n) is 8.57. The van der Waals surface area contributed by atoms with Gasteiger partial charge in [0.05, 0.1) is 16.1 Å². The van der Waals surface area contributed by atoms with Gasteiger partial charge in [0.25, 0.3) is 0 Å². The summed E-state index contributed by atoms with van der Waals surface area (Å²) in [6.07, 6.45) is 2.05. The molecule has 0 radical (unpaired) electrons. The van der Waals surface area contributed by atoms with Crippen molar-refractivity contribution in [2.24, 2.45) is 0 Å². The third-order valence-electron chi connectivity index (χ3n) is 4.84. The van der Waals surface area contributed by atoms with Crippen molar-refractivity contribution in [3.63, 3.8) is 0 Å². The Bertz CT molecular complexity index is 910. The van der Waals surface area contributed by atoms with Crippen molar-refractivity contribution in [3.05, 3.63) is 53.8 Å². The van der Waals surface area contributed by atoms with Crippen LogP contribution in [0.3, 0.4) is 0 Å². The zero-order valence-corrected chi connectivity index (χ0v) is 15.5. The quantitative estimate of drug-likeness (QED) is 0.823. The normalized spacial score (nSPS) is 23.4. The Balaban J connectivity index is 1.79. The van der Waals surface area contributed by atoms with Crippen LogP contribution in [0, 0.1) is 17.5 Å². The number of sulfonamides is 1. The molecular weight excluding hydrogens is 379 g/mol. The fraction of sp³-hybridized carbons (Fsp3) is 0.368. The van der Waals surface area contributed by atoms with Gasteiger partial charge in [0.1, 0.15) is 17.5 Å². The topological polar surface area (TPSA) is 66.4 Å². The SMILES string of the molecule is C[C@]1(O)CC[C@H](NS(=O)(=O)c2ccc(-c3c(F)cc(F)cc3F)cc2)CC1. The maximum atomic E-state index is 13.9. The molecule has 1 aliphatic rings. The summed E-state index contributed by atoms with van der Waals surface area (Å²) in [5.41, 5.74) is -1.08. The van der Waals surface area contributed by atoms with Gasteiger partial charge in [-0.05, 0) is 50.3 Å². The summed E-state index contributed by atoms with van der Waals surface area (Å²) in [6, 6.07) is 5.92. The van der Waals surface area contributed by atoms with Gasteiger partial charge in [0, 0.05) is 18.2 Å². The zero-order chi connectivity index (χ0) is 19.8. The maximum absolute atomic E-state index is 13.9. The molecule has 1 saturated carbocycles. The lowest BCUT2D eigenvalue weighted by atomic mass is 9.84. The fourth-order valence-electron chi connectivity index (χ4n) is 3.26. The second kappa shape index (κ2) is 7.26. The van der Waals surface area contributed by atoms with Gasteiger partial charge in [0.2, 0.25) is 10.0 Å². The maximum Gasteiger partial charge on any atom is 0.240 e. The number of aliphatic hydroxyl groups is 1. The van der Waals surface area contributed by atoms with E-state index in [1.54, 1.807) is 6.92 Å². The van der Waals surface area contributed by atoms with E-state index in [0.29, 0.717) is 37.8 Å². The molecule has 0 unspecified atom stereocenters. The van der Waals surface area contributed by atoms with Crippen molar-refractivity contribution >= 4 is 10.0 Å². The lowest BCUT2D eigenvalue weighted by Gasteiger charge is -2.33. The highest BCUT2D eigenvalue weighted by Gasteiger charge is 2.31. The largest absolute Gasteiger partial charge is 0.390 e. The minimum atomic E-state index is -3.80. The minimum absolute atomic E-state index is 0.0356. The second-order valence-electron chi connectivity index (χ2n) is 7.16. The predicted molar refractivity (Wildman–Crippen MR) is 95.0 cm³/mol. The van der Waals surface area contributed by atoms with Crippen LogP contribution in [0.1, 0.15) is 32.6 Å². The van der Waals surface area contributed by atoms with Crippen LogP contribution in [0.15, 0.2) is 41.3 Å². The van der Waals surface area contributed by atoms with Crippen LogP contribution in [-0.4, -0.2) is 25.2 Å². The average Bonchev–Trinajstić information content (AvgIpc) is 2.56. The molecule has 0 heterocycles. The molecule has 2 aromatic carbocycles. The summed E-state index contributed by atoms with van der Waals surface area (Å²) < 4.78 is 68.4. The first-order chi connectivity index (χ1) is 12.6. The Labute approximate surface area is 156 Å². The molecular formula is C19H20F3NO3S. The van der Waals surface area contributed by atoms with E-state index in [1.807, 2.05) is 0 Å².